The van der Waals surface area contributed by atoms with Crippen LogP contribution >= 0.6 is 15.9 Å². The zero-order valence-electron chi connectivity index (χ0n) is 10.2. The van der Waals surface area contributed by atoms with Crippen molar-refractivity contribution >= 4 is 21.7 Å². The molecular weight excluding hydrogens is 278 g/mol. The van der Waals surface area contributed by atoms with E-state index in [2.05, 4.69) is 39.3 Å². The first-order valence-electron chi connectivity index (χ1n) is 5.61. The van der Waals surface area contributed by atoms with Gasteiger partial charge in [0.1, 0.15) is 17.3 Å². The molecule has 0 spiro atoms. The predicted molar refractivity (Wildman–Crippen MR) is 74.9 cm³/mol. The quantitative estimate of drug-likeness (QED) is 0.916. The fourth-order valence-electron chi connectivity index (χ4n) is 2.03. The summed E-state index contributed by atoms with van der Waals surface area (Å²) in [4.78, 5) is 4.55. The topological polar surface area (TPSA) is 43.8 Å². The predicted octanol–water partition coefficient (Wildman–Crippen LogP) is 3.78. The third kappa shape index (κ3) is 2.22. The van der Waals surface area contributed by atoms with E-state index < -0.39 is 0 Å². The summed E-state index contributed by atoms with van der Waals surface area (Å²) in [7, 11) is 0. The summed E-state index contributed by atoms with van der Waals surface area (Å²) in [6, 6.07) is 8.36. The van der Waals surface area contributed by atoms with E-state index in [0.29, 0.717) is 6.04 Å². The van der Waals surface area contributed by atoms with Crippen molar-refractivity contribution in [1.29, 1.82) is 0 Å². The van der Waals surface area contributed by atoms with Crippen molar-refractivity contribution in [3.63, 3.8) is 0 Å². The number of nitrogens with zero attached hydrogens (tertiary/aromatic N) is 2. The van der Waals surface area contributed by atoms with Crippen LogP contribution in [0.3, 0.4) is 0 Å². The van der Waals surface area contributed by atoms with E-state index in [1.165, 1.54) is 0 Å². The first-order chi connectivity index (χ1) is 8.00. The molecule has 4 heteroatoms. The van der Waals surface area contributed by atoms with Gasteiger partial charge in [-0.2, -0.15) is 0 Å². The normalized spacial score (nSPS) is 11.1. The van der Waals surface area contributed by atoms with E-state index in [1.807, 2.05) is 31.2 Å². The molecule has 0 radical (unpaired) electrons. The number of rotatable bonds is 2. The lowest BCUT2D eigenvalue weighted by molar-refractivity contribution is 0.590. The average molecular weight is 294 g/mol. The lowest BCUT2D eigenvalue weighted by Gasteiger charge is -2.11. The number of nitrogens with two attached hydrogens (primary N) is 1. The Bertz CT molecular complexity index is 526. The van der Waals surface area contributed by atoms with E-state index in [-0.39, 0.29) is 0 Å². The molecule has 17 heavy (non-hydrogen) atoms. The molecule has 0 aliphatic rings. The number of nitrogen functional groups attached to an aromatic ring is 1. The number of aryl methyl sites for hydroxylation is 1. The van der Waals surface area contributed by atoms with Gasteiger partial charge in [0.25, 0.3) is 0 Å². The molecule has 0 fully saturated rings. The molecule has 2 rings (SSSR count). The summed E-state index contributed by atoms with van der Waals surface area (Å²) in [5.41, 5.74) is 8.08. The SMILES string of the molecule is Cc1nc(-c2ccc(Br)cc2)c(N)n1C(C)C. The van der Waals surface area contributed by atoms with Gasteiger partial charge in [-0.3, -0.25) is 0 Å². The largest absolute Gasteiger partial charge is 0.383 e. The molecule has 0 aliphatic heterocycles. The van der Waals surface area contributed by atoms with Gasteiger partial charge in [-0.1, -0.05) is 28.1 Å². The van der Waals surface area contributed by atoms with E-state index in [9.17, 15) is 0 Å². The van der Waals surface area contributed by atoms with E-state index in [4.69, 9.17) is 5.73 Å². The summed E-state index contributed by atoms with van der Waals surface area (Å²) in [6.07, 6.45) is 0. The number of hydrogen-bond acceptors (Lipinski definition) is 2. The van der Waals surface area contributed by atoms with Crippen molar-refractivity contribution < 1.29 is 0 Å². The summed E-state index contributed by atoms with van der Waals surface area (Å²) in [6.45, 7) is 6.20. The minimum absolute atomic E-state index is 0.326. The van der Waals surface area contributed by atoms with Crippen LogP contribution < -0.4 is 5.73 Å². The van der Waals surface area contributed by atoms with E-state index in [1.54, 1.807) is 0 Å². The number of halogens is 1. The lowest BCUT2D eigenvalue weighted by atomic mass is 10.1. The molecule has 1 aromatic heterocycles. The van der Waals surface area contributed by atoms with Gasteiger partial charge in [0.2, 0.25) is 0 Å². The first kappa shape index (κ1) is 12.2. The van der Waals surface area contributed by atoms with Crippen LogP contribution in [0.2, 0.25) is 0 Å². The van der Waals surface area contributed by atoms with Gasteiger partial charge >= 0.3 is 0 Å². The van der Waals surface area contributed by atoms with Gasteiger partial charge in [-0.05, 0) is 32.9 Å². The average Bonchev–Trinajstić information content (AvgIpc) is 2.55. The highest BCUT2D eigenvalue weighted by Crippen LogP contribution is 2.29. The Hall–Kier alpha value is -1.29. The zero-order valence-corrected chi connectivity index (χ0v) is 11.8. The fraction of sp³-hybridized carbons (Fsp3) is 0.308. The van der Waals surface area contributed by atoms with Gasteiger partial charge in [0.15, 0.2) is 0 Å². The Kier molecular flexibility index (Phi) is 3.24. The number of anilines is 1. The van der Waals surface area contributed by atoms with Crippen LogP contribution in [0.15, 0.2) is 28.7 Å². The summed E-state index contributed by atoms with van der Waals surface area (Å²) in [5.74, 6) is 1.69. The molecule has 0 unspecified atom stereocenters. The highest BCUT2D eigenvalue weighted by atomic mass is 79.9. The van der Waals surface area contributed by atoms with Crippen LogP contribution in [0, 0.1) is 6.92 Å². The van der Waals surface area contributed by atoms with Crippen LogP contribution in [0.1, 0.15) is 25.7 Å². The van der Waals surface area contributed by atoms with E-state index >= 15 is 0 Å². The molecule has 0 aliphatic carbocycles. The molecule has 0 saturated heterocycles. The Morgan fingerprint density at radius 2 is 1.82 bits per heavy atom. The molecular formula is C13H16BrN3. The Morgan fingerprint density at radius 1 is 1.24 bits per heavy atom. The Labute approximate surface area is 110 Å². The summed E-state index contributed by atoms with van der Waals surface area (Å²) < 4.78 is 3.11. The van der Waals surface area contributed by atoms with Gasteiger partial charge in [0.05, 0.1) is 0 Å². The number of benzene rings is 1. The summed E-state index contributed by atoms with van der Waals surface area (Å²) in [5, 5.41) is 0. The van der Waals surface area contributed by atoms with E-state index in [0.717, 1.165) is 27.4 Å². The molecule has 1 heterocycles. The first-order valence-corrected chi connectivity index (χ1v) is 6.40. The smallest absolute Gasteiger partial charge is 0.131 e. The van der Waals surface area contributed by atoms with Crippen molar-refractivity contribution in [3.05, 3.63) is 34.6 Å². The van der Waals surface area contributed by atoms with Crippen LogP contribution in [-0.2, 0) is 0 Å². The van der Waals surface area contributed by atoms with Crippen LogP contribution in [0.4, 0.5) is 5.82 Å². The maximum absolute atomic E-state index is 6.16. The molecule has 0 amide bonds. The van der Waals surface area contributed by atoms with Crippen LogP contribution in [0.25, 0.3) is 11.3 Å². The Morgan fingerprint density at radius 3 is 2.29 bits per heavy atom. The maximum atomic E-state index is 6.16. The third-order valence-corrected chi connectivity index (χ3v) is 3.29. The van der Waals surface area contributed by atoms with Gasteiger partial charge in [0, 0.05) is 16.1 Å². The van der Waals surface area contributed by atoms with Gasteiger partial charge < -0.3 is 10.3 Å². The summed E-state index contributed by atoms with van der Waals surface area (Å²) >= 11 is 3.42. The Balaban J connectivity index is 2.53. The molecule has 2 aromatic rings. The van der Waals surface area contributed by atoms with Crippen molar-refractivity contribution in [2.45, 2.75) is 26.8 Å². The highest BCUT2D eigenvalue weighted by molar-refractivity contribution is 9.10. The second-order valence-electron chi connectivity index (χ2n) is 4.36. The lowest BCUT2D eigenvalue weighted by Crippen LogP contribution is -2.07. The molecule has 0 bridgehead atoms. The number of hydrogen-bond donors (Lipinski definition) is 1. The maximum Gasteiger partial charge on any atom is 0.131 e. The fourth-order valence-corrected chi connectivity index (χ4v) is 2.30. The number of imidazole rings is 1. The molecule has 0 atom stereocenters. The monoisotopic (exact) mass is 293 g/mol. The van der Waals surface area contributed by atoms with Gasteiger partial charge in [-0.15, -0.1) is 0 Å². The van der Waals surface area contributed by atoms with Crippen molar-refractivity contribution in [1.82, 2.24) is 9.55 Å². The van der Waals surface area contributed by atoms with Crippen LogP contribution in [-0.4, -0.2) is 9.55 Å². The molecule has 0 saturated carbocycles. The molecule has 90 valence electrons. The van der Waals surface area contributed by atoms with Crippen molar-refractivity contribution in [2.24, 2.45) is 0 Å². The highest BCUT2D eigenvalue weighted by Gasteiger charge is 2.15. The number of aromatic nitrogens is 2. The zero-order chi connectivity index (χ0) is 12.6. The standard InChI is InChI=1S/C13H16BrN3/c1-8(2)17-9(3)16-12(13(17)15)10-4-6-11(14)7-5-10/h4-8H,15H2,1-3H3. The van der Waals surface area contributed by atoms with Crippen LogP contribution in [0.5, 0.6) is 0 Å². The van der Waals surface area contributed by atoms with Gasteiger partial charge in [-0.25, -0.2) is 4.98 Å². The molecule has 3 nitrogen and oxygen atoms in total. The molecule has 2 N–H and O–H groups in total. The second kappa shape index (κ2) is 4.53. The molecule has 1 aromatic carbocycles. The second-order valence-corrected chi connectivity index (χ2v) is 5.28. The van der Waals surface area contributed by atoms with Crippen molar-refractivity contribution in [3.8, 4) is 11.3 Å². The minimum atomic E-state index is 0.326. The third-order valence-electron chi connectivity index (χ3n) is 2.76. The minimum Gasteiger partial charge on any atom is -0.383 e. The van der Waals surface area contributed by atoms with Crippen molar-refractivity contribution in [2.75, 3.05) is 5.73 Å².